The summed E-state index contributed by atoms with van der Waals surface area (Å²) in [5.41, 5.74) is 0. The molecule has 0 aliphatic heterocycles. The standard InChI is InChI=1S/C11H10ClN5S2/c1-3-6-4-7-8(18-6)14-10(12)15-9(7)19-11-13-5(2)16-17-11/h4H,3H2,1-2H3,(H,13,16,17). The SMILES string of the molecule is CCc1cc2c(Sc3n[nH]c(C)n3)nc(Cl)nc2s1. The lowest BCUT2D eigenvalue weighted by atomic mass is 10.3. The summed E-state index contributed by atoms with van der Waals surface area (Å²) in [4.78, 5) is 15.0. The van der Waals surface area contributed by atoms with Gasteiger partial charge in [0.15, 0.2) is 0 Å². The Hall–Kier alpha value is -1.18. The lowest BCUT2D eigenvalue weighted by Gasteiger charge is -1.98. The van der Waals surface area contributed by atoms with E-state index in [1.807, 2.05) is 6.92 Å². The van der Waals surface area contributed by atoms with Crippen molar-refractivity contribution in [1.82, 2.24) is 25.1 Å². The lowest BCUT2D eigenvalue weighted by molar-refractivity contribution is 0.965. The molecule has 0 amide bonds. The highest BCUT2D eigenvalue weighted by molar-refractivity contribution is 7.99. The van der Waals surface area contributed by atoms with Crippen molar-refractivity contribution in [3.05, 3.63) is 22.1 Å². The number of rotatable bonds is 3. The molecule has 3 heterocycles. The van der Waals surface area contributed by atoms with Gasteiger partial charge in [0.25, 0.3) is 0 Å². The summed E-state index contributed by atoms with van der Waals surface area (Å²) in [5, 5.41) is 9.62. The number of aromatic nitrogens is 5. The fourth-order valence-electron chi connectivity index (χ4n) is 1.63. The first kappa shape index (κ1) is 12.8. The molecule has 0 fully saturated rings. The van der Waals surface area contributed by atoms with Gasteiger partial charge in [-0.05, 0) is 42.8 Å². The van der Waals surface area contributed by atoms with Crippen LogP contribution in [0.3, 0.4) is 0 Å². The Morgan fingerprint density at radius 1 is 1.37 bits per heavy atom. The fourth-order valence-corrected chi connectivity index (χ4v) is 3.77. The van der Waals surface area contributed by atoms with Crippen LogP contribution in [-0.4, -0.2) is 25.1 Å². The van der Waals surface area contributed by atoms with Gasteiger partial charge < -0.3 is 0 Å². The molecule has 0 saturated heterocycles. The summed E-state index contributed by atoms with van der Waals surface area (Å²) >= 11 is 9.01. The van der Waals surface area contributed by atoms with Crippen molar-refractivity contribution >= 4 is 44.9 Å². The molecule has 8 heteroatoms. The predicted molar refractivity (Wildman–Crippen MR) is 77.0 cm³/mol. The fraction of sp³-hybridized carbons (Fsp3) is 0.273. The molecule has 0 unspecified atom stereocenters. The summed E-state index contributed by atoms with van der Waals surface area (Å²) in [6.45, 7) is 3.98. The van der Waals surface area contributed by atoms with Crippen LogP contribution < -0.4 is 0 Å². The van der Waals surface area contributed by atoms with E-state index in [0.717, 1.165) is 27.5 Å². The molecule has 0 atom stereocenters. The third kappa shape index (κ3) is 2.58. The van der Waals surface area contributed by atoms with Crippen molar-refractivity contribution in [3.8, 4) is 0 Å². The van der Waals surface area contributed by atoms with Crippen LogP contribution in [0.4, 0.5) is 0 Å². The molecule has 3 aromatic rings. The summed E-state index contributed by atoms with van der Waals surface area (Å²) in [5.74, 6) is 0.776. The summed E-state index contributed by atoms with van der Waals surface area (Å²) in [6, 6.07) is 2.11. The van der Waals surface area contributed by atoms with Crippen molar-refractivity contribution in [1.29, 1.82) is 0 Å². The van der Waals surface area contributed by atoms with E-state index < -0.39 is 0 Å². The topological polar surface area (TPSA) is 67.3 Å². The number of hydrogen-bond donors (Lipinski definition) is 1. The van der Waals surface area contributed by atoms with Gasteiger partial charge in [0.2, 0.25) is 10.4 Å². The van der Waals surface area contributed by atoms with Gasteiger partial charge in [0.1, 0.15) is 15.7 Å². The zero-order valence-corrected chi connectivity index (χ0v) is 12.7. The van der Waals surface area contributed by atoms with Crippen LogP contribution >= 0.6 is 34.7 Å². The average molecular weight is 312 g/mol. The summed E-state index contributed by atoms with van der Waals surface area (Å²) in [7, 11) is 0. The Morgan fingerprint density at radius 2 is 2.21 bits per heavy atom. The molecule has 3 aromatic heterocycles. The van der Waals surface area contributed by atoms with Crippen molar-refractivity contribution in [2.24, 2.45) is 0 Å². The van der Waals surface area contributed by atoms with Gasteiger partial charge in [-0.25, -0.2) is 15.0 Å². The Balaban J connectivity index is 2.08. The van der Waals surface area contributed by atoms with Crippen LogP contribution in [0.5, 0.6) is 0 Å². The molecule has 1 N–H and O–H groups in total. The minimum atomic E-state index is 0.256. The van der Waals surface area contributed by atoms with Gasteiger partial charge in [0, 0.05) is 10.3 Å². The molecule has 19 heavy (non-hydrogen) atoms. The minimum absolute atomic E-state index is 0.256. The van der Waals surface area contributed by atoms with E-state index in [1.54, 1.807) is 11.3 Å². The number of hydrogen-bond acceptors (Lipinski definition) is 6. The second kappa shape index (κ2) is 5.07. The van der Waals surface area contributed by atoms with Crippen LogP contribution in [0.2, 0.25) is 5.28 Å². The average Bonchev–Trinajstić information content (AvgIpc) is 2.95. The van der Waals surface area contributed by atoms with E-state index in [9.17, 15) is 0 Å². The van der Waals surface area contributed by atoms with E-state index >= 15 is 0 Å². The molecule has 0 radical (unpaired) electrons. The molecule has 0 bridgehead atoms. The minimum Gasteiger partial charge on any atom is -0.262 e. The number of fused-ring (bicyclic) bond motifs is 1. The lowest BCUT2D eigenvalue weighted by Crippen LogP contribution is -1.87. The van der Waals surface area contributed by atoms with Crippen molar-refractivity contribution < 1.29 is 0 Å². The van der Waals surface area contributed by atoms with E-state index in [0.29, 0.717) is 5.16 Å². The van der Waals surface area contributed by atoms with Crippen molar-refractivity contribution in [2.45, 2.75) is 30.5 Å². The largest absolute Gasteiger partial charge is 0.262 e. The summed E-state index contributed by atoms with van der Waals surface area (Å²) < 4.78 is 0. The number of nitrogens with one attached hydrogen (secondary N) is 1. The van der Waals surface area contributed by atoms with Crippen LogP contribution in [0.15, 0.2) is 16.2 Å². The first-order valence-corrected chi connectivity index (χ1v) is 7.69. The maximum Gasteiger partial charge on any atom is 0.224 e. The number of halogens is 1. The van der Waals surface area contributed by atoms with Crippen molar-refractivity contribution in [3.63, 3.8) is 0 Å². The quantitative estimate of drug-likeness (QED) is 0.592. The van der Waals surface area contributed by atoms with Gasteiger partial charge in [-0.3, -0.25) is 5.10 Å². The molecule has 5 nitrogen and oxygen atoms in total. The smallest absolute Gasteiger partial charge is 0.224 e. The molecular formula is C11H10ClN5S2. The first-order chi connectivity index (χ1) is 9.15. The number of thiophene rings is 1. The highest BCUT2D eigenvalue weighted by atomic mass is 35.5. The van der Waals surface area contributed by atoms with Gasteiger partial charge in [-0.2, -0.15) is 0 Å². The molecule has 0 aromatic carbocycles. The molecule has 0 aliphatic rings. The van der Waals surface area contributed by atoms with Crippen LogP contribution in [0, 0.1) is 6.92 Å². The Bertz CT molecular complexity index is 736. The molecule has 3 rings (SSSR count). The van der Waals surface area contributed by atoms with E-state index in [1.165, 1.54) is 16.6 Å². The van der Waals surface area contributed by atoms with Gasteiger partial charge in [0.05, 0.1) is 0 Å². The molecular weight excluding hydrogens is 302 g/mol. The normalized spacial score (nSPS) is 11.3. The van der Waals surface area contributed by atoms with Gasteiger partial charge >= 0.3 is 0 Å². The Labute approximate surface area is 122 Å². The zero-order valence-electron chi connectivity index (χ0n) is 10.3. The Morgan fingerprint density at radius 3 is 2.89 bits per heavy atom. The molecule has 0 spiro atoms. The van der Waals surface area contributed by atoms with E-state index in [2.05, 4.69) is 38.1 Å². The first-order valence-electron chi connectivity index (χ1n) is 5.68. The highest BCUT2D eigenvalue weighted by Crippen LogP contribution is 2.34. The van der Waals surface area contributed by atoms with Gasteiger partial charge in [-0.15, -0.1) is 16.4 Å². The number of H-pyrrole nitrogens is 1. The third-order valence-electron chi connectivity index (χ3n) is 2.49. The highest BCUT2D eigenvalue weighted by Gasteiger charge is 2.13. The molecule has 0 saturated carbocycles. The monoisotopic (exact) mass is 311 g/mol. The van der Waals surface area contributed by atoms with Crippen LogP contribution in [0.25, 0.3) is 10.2 Å². The predicted octanol–water partition coefficient (Wildman–Crippen LogP) is 3.48. The van der Waals surface area contributed by atoms with Crippen LogP contribution in [-0.2, 0) is 6.42 Å². The summed E-state index contributed by atoms with van der Waals surface area (Å²) in [6.07, 6.45) is 0.975. The molecule has 98 valence electrons. The number of aromatic amines is 1. The zero-order chi connectivity index (χ0) is 13.4. The second-order valence-electron chi connectivity index (χ2n) is 3.89. The van der Waals surface area contributed by atoms with Gasteiger partial charge in [-0.1, -0.05) is 6.92 Å². The number of aryl methyl sites for hydroxylation is 2. The van der Waals surface area contributed by atoms with Crippen LogP contribution in [0.1, 0.15) is 17.6 Å². The Kier molecular flexibility index (Phi) is 3.42. The molecule has 0 aliphatic carbocycles. The van der Waals surface area contributed by atoms with E-state index in [-0.39, 0.29) is 5.28 Å². The second-order valence-corrected chi connectivity index (χ2v) is 6.30. The maximum absolute atomic E-state index is 5.97. The van der Waals surface area contributed by atoms with Crippen molar-refractivity contribution in [2.75, 3.05) is 0 Å². The van der Waals surface area contributed by atoms with E-state index in [4.69, 9.17) is 11.6 Å². The number of nitrogens with zero attached hydrogens (tertiary/aromatic N) is 4. The third-order valence-corrected chi connectivity index (χ3v) is 4.71. The maximum atomic E-state index is 5.97.